The Morgan fingerprint density at radius 2 is 1.84 bits per heavy atom. The maximum absolute atomic E-state index is 12.9. The van der Waals surface area contributed by atoms with E-state index in [0.717, 1.165) is 16.6 Å². The van der Waals surface area contributed by atoms with Crippen LogP contribution in [-0.4, -0.2) is 36.1 Å². The molecule has 0 bridgehead atoms. The third kappa shape index (κ3) is 4.92. The third-order valence-corrected chi connectivity index (χ3v) is 7.67. The van der Waals surface area contributed by atoms with Gasteiger partial charge in [0, 0.05) is 23.2 Å². The molecule has 0 unspecified atom stereocenters. The first kappa shape index (κ1) is 24.9. The normalized spacial score (nSPS) is 11.6. The Bertz CT molecular complexity index is 1760. The van der Waals surface area contributed by atoms with Crippen molar-refractivity contribution in [3.05, 3.63) is 100 Å². The second-order valence-corrected chi connectivity index (χ2v) is 10.4. The maximum Gasteiger partial charge on any atom is 0.295 e. The Balaban J connectivity index is 1.44. The molecule has 0 aliphatic heterocycles. The standard InChI is InChI=1S/C25H20N6O5S2/c1-36-23-10-6-5-9-20(23)29-38(34,35)18-11-12-19(21(15-18)31(32)33)28-26-16-22-24(17-7-3-2-4-8-17)27-25-30(22)13-14-37-25/h2-16,28-29H,1H3/b26-16-. The van der Waals surface area contributed by atoms with Crippen LogP contribution in [0.2, 0.25) is 0 Å². The predicted molar refractivity (Wildman–Crippen MR) is 147 cm³/mol. The smallest absolute Gasteiger partial charge is 0.295 e. The first-order valence-corrected chi connectivity index (χ1v) is 13.5. The summed E-state index contributed by atoms with van der Waals surface area (Å²) in [5.41, 5.74) is 4.73. The summed E-state index contributed by atoms with van der Waals surface area (Å²) in [6.45, 7) is 0. The summed E-state index contributed by atoms with van der Waals surface area (Å²) in [5.74, 6) is 0.313. The number of fused-ring (bicyclic) bond motifs is 1. The fraction of sp³-hybridized carbons (Fsp3) is 0.0400. The van der Waals surface area contributed by atoms with Gasteiger partial charge < -0.3 is 4.74 Å². The van der Waals surface area contributed by atoms with Gasteiger partial charge in [0.2, 0.25) is 0 Å². The Kier molecular flexibility index (Phi) is 6.77. The van der Waals surface area contributed by atoms with Gasteiger partial charge in [-0.15, -0.1) is 11.3 Å². The highest BCUT2D eigenvalue weighted by Crippen LogP contribution is 2.31. The van der Waals surface area contributed by atoms with Gasteiger partial charge >= 0.3 is 0 Å². The summed E-state index contributed by atoms with van der Waals surface area (Å²) in [6, 6.07) is 19.6. The number of nitro groups is 1. The van der Waals surface area contributed by atoms with E-state index in [2.05, 4.69) is 20.2 Å². The zero-order valence-electron chi connectivity index (χ0n) is 19.8. The van der Waals surface area contributed by atoms with E-state index in [1.165, 1.54) is 42.9 Å². The van der Waals surface area contributed by atoms with Crippen LogP contribution in [0.5, 0.6) is 5.75 Å². The monoisotopic (exact) mass is 548 g/mol. The van der Waals surface area contributed by atoms with Gasteiger partial charge in [0.15, 0.2) is 4.96 Å². The van der Waals surface area contributed by atoms with Gasteiger partial charge in [-0.25, -0.2) is 13.4 Å². The first-order chi connectivity index (χ1) is 18.4. The lowest BCUT2D eigenvalue weighted by Crippen LogP contribution is -2.14. The maximum atomic E-state index is 12.9. The Labute approximate surface area is 221 Å². The fourth-order valence-electron chi connectivity index (χ4n) is 3.75. The van der Waals surface area contributed by atoms with Gasteiger partial charge in [0.05, 0.1) is 40.2 Å². The van der Waals surface area contributed by atoms with E-state index in [4.69, 9.17) is 4.74 Å². The lowest BCUT2D eigenvalue weighted by molar-refractivity contribution is -0.384. The number of hydrazone groups is 1. The molecule has 5 rings (SSSR count). The molecule has 0 amide bonds. The molecule has 5 aromatic rings. The van der Waals surface area contributed by atoms with E-state index in [-0.39, 0.29) is 16.3 Å². The molecule has 2 N–H and O–H groups in total. The largest absolute Gasteiger partial charge is 0.495 e. The number of nitrogens with zero attached hydrogens (tertiary/aromatic N) is 4. The molecule has 13 heteroatoms. The van der Waals surface area contributed by atoms with Crippen LogP contribution in [0.1, 0.15) is 5.69 Å². The summed E-state index contributed by atoms with van der Waals surface area (Å²) >= 11 is 1.47. The van der Waals surface area contributed by atoms with Gasteiger partial charge in [-0.2, -0.15) is 5.10 Å². The van der Waals surface area contributed by atoms with Crippen LogP contribution in [0.25, 0.3) is 16.2 Å². The van der Waals surface area contributed by atoms with Crippen LogP contribution < -0.4 is 14.9 Å². The van der Waals surface area contributed by atoms with E-state index in [1.807, 2.05) is 46.3 Å². The number of hydrogen-bond acceptors (Lipinski definition) is 9. The molecule has 0 radical (unpaired) electrons. The number of methoxy groups -OCH3 is 1. The SMILES string of the molecule is COc1ccccc1NS(=O)(=O)c1ccc(N/N=C\c2c(-c3ccccc3)nc3sccn23)c([N+](=O)[O-])c1. The average molecular weight is 549 g/mol. The van der Waals surface area contributed by atoms with Crippen molar-refractivity contribution in [3.8, 4) is 17.0 Å². The van der Waals surface area contributed by atoms with Crippen molar-refractivity contribution in [3.63, 3.8) is 0 Å². The zero-order valence-corrected chi connectivity index (χ0v) is 21.4. The second-order valence-electron chi connectivity index (χ2n) is 7.88. The van der Waals surface area contributed by atoms with Crippen LogP contribution in [0.15, 0.2) is 94.4 Å². The van der Waals surface area contributed by atoms with Crippen molar-refractivity contribution >= 4 is 49.6 Å². The van der Waals surface area contributed by atoms with Crippen LogP contribution in [0.4, 0.5) is 17.1 Å². The fourth-order valence-corrected chi connectivity index (χ4v) is 5.57. The summed E-state index contributed by atoms with van der Waals surface area (Å²) in [5, 5.41) is 17.9. The van der Waals surface area contributed by atoms with Crippen molar-refractivity contribution < 1.29 is 18.1 Å². The number of para-hydroxylation sites is 2. The number of aromatic nitrogens is 2. The van der Waals surface area contributed by atoms with Crippen LogP contribution in [0, 0.1) is 10.1 Å². The number of rotatable bonds is 9. The van der Waals surface area contributed by atoms with E-state index < -0.39 is 20.6 Å². The molecule has 0 aliphatic carbocycles. The number of imidazole rings is 1. The predicted octanol–water partition coefficient (Wildman–Crippen LogP) is 5.23. The number of anilines is 2. The van der Waals surface area contributed by atoms with Crippen molar-refractivity contribution in [2.75, 3.05) is 17.3 Å². The summed E-state index contributed by atoms with van der Waals surface area (Å²) in [6.07, 6.45) is 3.38. The number of nitrogens with one attached hydrogen (secondary N) is 2. The van der Waals surface area contributed by atoms with Crippen molar-refractivity contribution in [2.24, 2.45) is 5.10 Å². The highest BCUT2D eigenvalue weighted by molar-refractivity contribution is 7.92. The van der Waals surface area contributed by atoms with Crippen molar-refractivity contribution in [1.29, 1.82) is 0 Å². The molecule has 0 aliphatic rings. The van der Waals surface area contributed by atoms with Gasteiger partial charge in [0.1, 0.15) is 11.4 Å². The number of thiazole rings is 1. The number of sulfonamides is 1. The van der Waals surface area contributed by atoms with Gasteiger partial charge in [-0.05, 0) is 24.3 Å². The molecule has 0 atom stereocenters. The van der Waals surface area contributed by atoms with E-state index in [1.54, 1.807) is 18.2 Å². The average Bonchev–Trinajstić information content (AvgIpc) is 3.51. The van der Waals surface area contributed by atoms with Gasteiger partial charge in [-0.1, -0.05) is 42.5 Å². The lowest BCUT2D eigenvalue weighted by atomic mass is 10.1. The molecule has 0 saturated carbocycles. The lowest BCUT2D eigenvalue weighted by Gasteiger charge is -2.12. The number of hydrogen-bond donors (Lipinski definition) is 2. The number of ether oxygens (including phenoxy) is 1. The molecule has 192 valence electrons. The second kappa shape index (κ2) is 10.3. The minimum atomic E-state index is -4.14. The molecular weight excluding hydrogens is 528 g/mol. The number of benzene rings is 3. The van der Waals surface area contributed by atoms with Crippen molar-refractivity contribution in [1.82, 2.24) is 9.38 Å². The molecule has 11 nitrogen and oxygen atoms in total. The van der Waals surface area contributed by atoms with E-state index >= 15 is 0 Å². The highest BCUT2D eigenvalue weighted by atomic mass is 32.2. The molecule has 0 spiro atoms. The van der Waals surface area contributed by atoms with Gasteiger partial charge in [0.25, 0.3) is 15.7 Å². The Morgan fingerprint density at radius 1 is 1.08 bits per heavy atom. The van der Waals surface area contributed by atoms with E-state index in [0.29, 0.717) is 17.1 Å². The topological polar surface area (TPSA) is 140 Å². The van der Waals surface area contributed by atoms with Crippen LogP contribution >= 0.6 is 11.3 Å². The Hall–Kier alpha value is -4.75. The minimum Gasteiger partial charge on any atom is -0.495 e. The first-order valence-electron chi connectivity index (χ1n) is 11.1. The van der Waals surface area contributed by atoms with Crippen LogP contribution in [0.3, 0.4) is 0 Å². The third-order valence-electron chi connectivity index (χ3n) is 5.55. The summed E-state index contributed by atoms with van der Waals surface area (Å²) < 4.78 is 35.3. The quantitative estimate of drug-likeness (QED) is 0.146. The summed E-state index contributed by atoms with van der Waals surface area (Å²) in [4.78, 5) is 16.3. The number of nitro benzene ring substituents is 1. The molecule has 0 saturated heterocycles. The molecule has 3 aromatic carbocycles. The molecule has 0 fully saturated rings. The Morgan fingerprint density at radius 3 is 2.61 bits per heavy atom. The molecule has 2 heterocycles. The molecule has 2 aromatic heterocycles. The van der Waals surface area contributed by atoms with Crippen molar-refractivity contribution in [2.45, 2.75) is 4.90 Å². The molecule has 38 heavy (non-hydrogen) atoms. The molecular formula is C25H20N6O5S2. The minimum absolute atomic E-state index is 0.0230. The highest BCUT2D eigenvalue weighted by Gasteiger charge is 2.23. The zero-order chi connectivity index (χ0) is 26.7. The van der Waals surface area contributed by atoms with Gasteiger partial charge in [-0.3, -0.25) is 24.7 Å². The summed E-state index contributed by atoms with van der Waals surface area (Å²) in [7, 11) is -2.73. The van der Waals surface area contributed by atoms with E-state index in [9.17, 15) is 18.5 Å². The van der Waals surface area contributed by atoms with Crippen LogP contribution in [-0.2, 0) is 10.0 Å².